The molecule has 14 heavy (non-hydrogen) atoms. The highest BCUT2D eigenvalue weighted by Gasteiger charge is 2.21. The van der Waals surface area contributed by atoms with Crippen LogP contribution < -0.4 is 0 Å². The van der Waals surface area contributed by atoms with Gasteiger partial charge in [-0.2, -0.15) is 11.8 Å². The van der Waals surface area contributed by atoms with E-state index in [9.17, 15) is 4.79 Å². The fourth-order valence-electron chi connectivity index (χ4n) is 1.76. The molecule has 1 unspecified atom stereocenters. The molecule has 1 atom stereocenters. The van der Waals surface area contributed by atoms with E-state index in [0.29, 0.717) is 11.7 Å². The average molecular weight is 212 g/mol. The minimum absolute atomic E-state index is 0.388. The fourth-order valence-corrected chi connectivity index (χ4v) is 3.01. The molecular formula is C12H20OS. The zero-order valence-corrected chi connectivity index (χ0v) is 9.65. The van der Waals surface area contributed by atoms with E-state index in [0.717, 1.165) is 31.4 Å². The number of carbonyl (C=O) groups excluding carboxylic acids is 1. The Kier molecular flexibility index (Phi) is 6.00. The van der Waals surface area contributed by atoms with Crippen LogP contribution in [-0.2, 0) is 4.79 Å². The van der Waals surface area contributed by atoms with Gasteiger partial charge in [0.1, 0.15) is 5.78 Å². The standard InChI is InChI=1S/C12H20OS/c1-2-3-4-5-6-7-12(13)11-8-9-14-10-11/h2,11H,1,3-10H2. The molecule has 0 aromatic rings. The second kappa shape index (κ2) is 7.10. The summed E-state index contributed by atoms with van der Waals surface area (Å²) in [5, 5.41) is 0. The Morgan fingerprint density at radius 1 is 1.43 bits per heavy atom. The predicted molar refractivity (Wildman–Crippen MR) is 63.7 cm³/mol. The smallest absolute Gasteiger partial charge is 0.136 e. The molecule has 0 saturated carbocycles. The van der Waals surface area contributed by atoms with E-state index in [2.05, 4.69) is 6.58 Å². The first kappa shape index (κ1) is 11.8. The normalized spacial score (nSPS) is 21.0. The second-order valence-corrected chi connectivity index (χ2v) is 5.06. The van der Waals surface area contributed by atoms with Gasteiger partial charge in [-0.05, 0) is 31.4 Å². The summed E-state index contributed by atoms with van der Waals surface area (Å²) in [6, 6.07) is 0. The van der Waals surface area contributed by atoms with Crippen molar-refractivity contribution in [3.8, 4) is 0 Å². The summed E-state index contributed by atoms with van der Waals surface area (Å²) in [5.41, 5.74) is 0. The highest BCUT2D eigenvalue weighted by molar-refractivity contribution is 7.99. The van der Waals surface area contributed by atoms with Crippen LogP contribution in [0.25, 0.3) is 0 Å². The van der Waals surface area contributed by atoms with Gasteiger partial charge >= 0.3 is 0 Å². The van der Waals surface area contributed by atoms with Gasteiger partial charge in [-0.25, -0.2) is 0 Å². The maximum atomic E-state index is 11.6. The van der Waals surface area contributed by atoms with Crippen LogP contribution in [0.5, 0.6) is 0 Å². The van der Waals surface area contributed by atoms with Gasteiger partial charge in [0, 0.05) is 18.1 Å². The highest BCUT2D eigenvalue weighted by Crippen LogP contribution is 2.25. The first-order valence-corrected chi connectivity index (χ1v) is 6.71. The number of hydrogen-bond acceptors (Lipinski definition) is 2. The van der Waals surface area contributed by atoms with E-state index >= 15 is 0 Å². The zero-order chi connectivity index (χ0) is 10.2. The summed E-state index contributed by atoms with van der Waals surface area (Å²) in [7, 11) is 0. The van der Waals surface area contributed by atoms with Crippen molar-refractivity contribution in [2.24, 2.45) is 5.92 Å². The monoisotopic (exact) mass is 212 g/mol. The van der Waals surface area contributed by atoms with Gasteiger partial charge in [-0.1, -0.05) is 12.5 Å². The molecule has 1 aliphatic rings. The SMILES string of the molecule is C=CCCCCCC(=O)C1CCSC1. The summed E-state index contributed by atoms with van der Waals surface area (Å²) < 4.78 is 0. The van der Waals surface area contributed by atoms with E-state index in [-0.39, 0.29) is 0 Å². The van der Waals surface area contributed by atoms with Crippen molar-refractivity contribution in [2.45, 2.75) is 38.5 Å². The average Bonchev–Trinajstić information content (AvgIpc) is 2.70. The van der Waals surface area contributed by atoms with Crippen molar-refractivity contribution in [2.75, 3.05) is 11.5 Å². The molecule has 1 rings (SSSR count). The lowest BCUT2D eigenvalue weighted by molar-refractivity contribution is -0.122. The van der Waals surface area contributed by atoms with Gasteiger partial charge in [0.25, 0.3) is 0 Å². The van der Waals surface area contributed by atoms with Crippen molar-refractivity contribution < 1.29 is 4.79 Å². The van der Waals surface area contributed by atoms with Gasteiger partial charge in [-0.3, -0.25) is 4.79 Å². The lowest BCUT2D eigenvalue weighted by atomic mass is 9.98. The summed E-state index contributed by atoms with van der Waals surface area (Å²) in [6.45, 7) is 3.69. The largest absolute Gasteiger partial charge is 0.299 e. The van der Waals surface area contributed by atoms with Gasteiger partial charge < -0.3 is 0 Å². The molecule has 0 radical (unpaired) electrons. The molecular weight excluding hydrogens is 192 g/mol. The van der Waals surface area contributed by atoms with Crippen LogP contribution in [0.2, 0.25) is 0 Å². The van der Waals surface area contributed by atoms with Crippen LogP contribution >= 0.6 is 11.8 Å². The van der Waals surface area contributed by atoms with E-state index in [4.69, 9.17) is 0 Å². The molecule has 0 aromatic carbocycles. The number of unbranched alkanes of at least 4 members (excludes halogenated alkanes) is 3. The molecule has 1 nitrogen and oxygen atoms in total. The fraction of sp³-hybridized carbons (Fsp3) is 0.750. The second-order valence-electron chi connectivity index (χ2n) is 3.91. The Balaban J connectivity index is 2.00. The van der Waals surface area contributed by atoms with E-state index < -0.39 is 0 Å². The minimum Gasteiger partial charge on any atom is -0.299 e. The first-order chi connectivity index (χ1) is 6.84. The summed E-state index contributed by atoms with van der Waals surface area (Å²) in [5.74, 6) is 3.16. The first-order valence-electron chi connectivity index (χ1n) is 5.56. The lowest BCUT2D eigenvalue weighted by Gasteiger charge is -2.06. The van der Waals surface area contributed by atoms with E-state index in [1.165, 1.54) is 18.6 Å². The zero-order valence-electron chi connectivity index (χ0n) is 8.84. The van der Waals surface area contributed by atoms with E-state index in [1.54, 1.807) is 0 Å². The summed E-state index contributed by atoms with van der Waals surface area (Å²) in [4.78, 5) is 11.6. The highest BCUT2D eigenvalue weighted by atomic mass is 32.2. The van der Waals surface area contributed by atoms with Crippen LogP contribution in [-0.4, -0.2) is 17.3 Å². The van der Waals surface area contributed by atoms with Gasteiger partial charge in [0.05, 0.1) is 0 Å². The maximum Gasteiger partial charge on any atom is 0.136 e. The van der Waals surface area contributed by atoms with E-state index in [1.807, 2.05) is 17.8 Å². The van der Waals surface area contributed by atoms with Gasteiger partial charge in [0.15, 0.2) is 0 Å². The number of allylic oxidation sites excluding steroid dienone is 1. The molecule has 1 heterocycles. The number of carbonyl (C=O) groups is 1. The third-order valence-corrected chi connectivity index (χ3v) is 3.88. The Hall–Kier alpha value is -0.240. The third kappa shape index (κ3) is 4.32. The van der Waals surface area contributed by atoms with Crippen LogP contribution in [0, 0.1) is 5.92 Å². The molecule has 0 bridgehead atoms. The van der Waals surface area contributed by atoms with Crippen molar-refractivity contribution >= 4 is 17.5 Å². The number of thioether (sulfide) groups is 1. The molecule has 0 N–H and O–H groups in total. The molecule has 1 saturated heterocycles. The van der Waals surface area contributed by atoms with Gasteiger partial charge in [-0.15, -0.1) is 6.58 Å². The maximum absolute atomic E-state index is 11.6. The van der Waals surface area contributed by atoms with Gasteiger partial charge in [0.2, 0.25) is 0 Å². The number of Topliss-reactive ketones (excluding diaryl/α,β-unsaturated/α-hetero) is 1. The molecule has 0 amide bonds. The van der Waals surface area contributed by atoms with Crippen LogP contribution in [0.3, 0.4) is 0 Å². The number of rotatable bonds is 7. The van der Waals surface area contributed by atoms with Crippen LogP contribution in [0.1, 0.15) is 38.5 Å². The van der Waals surface area contributed by atoms with Crippen molar-refractivity contribution in [3.05, 3.63) is 12.7 Å². The minimum atomic E-state index is 0.388. The summed E-state index contributed by atoms with van der Waals surface area (Å²) >= 11 is 1.92. The van der Waals surface area contributed by atoms with Crippen LogP contribution in [0.4, 0.5) is 0 Å². The molecule has 80 valence electrons. The topological polar surface area (TPSA) is 17.1 Å². The third-order valence-electron chi connectivity index (χ3n) is 2.72. The Labute approximate surface area is 91.3 Å². The van der Waals surface area contributed by atoms with Crippen molar-refractivity contribution in [3.63, 3.8) is 0 Å². The predicted octanol–water partition coefficient (Wildman–Crippen LogP) is 3.45. The number of hydrogen-bond donors (Lipinski definition) is 0. The lowest BCUT2D eigenvalue weighted by Crippen LogP contribution is -2.12. The molecule has 1 aliphatic heterocycles. The Morgan fingerprint density at radius 3 is 2.93 bits per heavy atom. The number of ketones is 1. The molecule has 2 heteroatoms. The molecule has 0 aliphatic carbocycles. The van der Waals surface area contributed by atoms with Crippen molar-refractivity contribution in [1.29, 1.82) is 0 Å². The molecule has 0 aromatic heterocycles. The quantitative estimate of drug-likeness (QED) is 0.475. The molecule has 0 spiro atoms. The van der Waals surface area contributed by atoms with Crippen LogP contribution in [0.15, 0.2) is 12.7 Å². The van der Waals surface area contributed by atoms with Crippen molar-refractivity contribution in [1.82, 2.24) is 0 Å². The Bertz CT molecular complexity index is 183. The Morgan fingerprint density at radius 2 is 2.29 bits per heavy atom. The summed E-state index contributed by atoms with van der Waals surface area (Å²) in [6.07, 6.45) is 8.42. The molecule has 1 fully saturated rings.